The highest BCUT2D eigenvalue weighted by atomic mass is 16.5. The van der Waals surface area contributed by atoms with Crippen LogP contribution in [-0.4, -0.2) is 51.4 Å². The molecule has 0 unspecified atom stereocenters. The fourth-order valence-electron chi connectivity index (χ4n) is 4.40. The Morgan fingerprint density at radius 2 is 2.03 bits per heavy atom. The summed E-state index contributed by atoms with van der Waals surface area (Å²) in [5, 5.41) is 7.50. The number of hydrogen-bond acceptors (Lipinski definition) is 5. The van der Waals surface area contributed by atoms with Gasteiger partial charge in [0, 0.05) is 38.6 Å². The predicted molar refractivity (Wildman–Crippen MR) is 113 cm³/mol. The molecule has 1 N–H and O–H groups in total. The number of ether oxygens (including phenoxy) is 1. The number of amides is 1. The first-order chi connectivity index (χ1) is 14.6. The molecule has 3 heterocycles. The van der Waals surface area contributed by atoms with Crippen LogP contribution in [0.1, 0.15) is 43.5 Å². The molecular formula is C22H31N5O3. The molecule has 2 aromatic rings. The van der Waals surface area contributed by atoms with E-state index in [1.807, 2.05) is 12.1 Å². The Labute approximate surface area is 176 Å². The molecule has 1 saturated heterocycles. The van der Waals surface area contributed by atoms with E-state index in [1.165, 1.54) is 10.2 Å². The van der Waals surface area contributed by atoms with Gasteiger partial charge in [0.2, 0.25) is 5.91 Å². The van der Waals surface area contributed by atoms with Crippen molar-refractivity contribution in [1.82, 2.24) is 24.6 Å². The van der Waals surface area contributed by atoms with E-state index in [0.29, 0.717) is 6.54 Å². The fourth-order valence-corrected chi connectivity index (χ4v) is 4.40. The SMILES string of the molecule is COc1cccc(CN2CCC(NC(=O)Cn3nc4n(c3=O)CCCCC4)CC2)c1. The largest absolute Gasteiger partial charge is 0.497 e. The lowest BCUT2D eigenvalue weighted by molar-refractivity contribution is -0.122. The van der Waals surface area contributed by atoms with Crippen molar-refractivity contribution in [2.75, 3.05) is 20.2 Å². The number of nitrogens with one attached hydrogen (secondary N) is 1. The number of aryl methyl sites for hydroxylation is 1. The maximum Gasteiger partial charge on any atom is 0.346 e. The monoisotopic (exact) mass is 413 g/mol. The third-order valence-corrected chi connectivity index (χ3v) is 6.07. The fraction of sp³-hybridized carbons (Fsp3) is 0.591. The molecule has 2 aliphatic rings. The zero-order chi connectivity index (χ0) is 20.9. The topological polar surface area (TPSA) is 81.4 Å². The standard InChI is InChI=1S/C22H31N5O3/c1-30-19-7-5-6-17(14-19)15-25-12-9-18(10-13-25)23-21(28)16-27-22(29)26-11-4-2-3-8-20(26)24-27/h5-7,14,18H,2-4,8-13,15-16H2,1H3,(H,23,28). The van der Waals surface area contributed by atoms with Crippen molar-refractivity contribution in [1.29, 1.82) is 0 Å². The molecule has 8 heteroatoms. The number of benzene rings is 1. The number of likely N-dealkylation sites (tertiary alicyclic amines) is 1. The zero-order valence-corrected chi connectivity index (χ0v) is 17.7. The van der Waals surface area contributed by atoms with Gasteiger partial charge in [0.25, 0.3) is 0 Å². The number of piperidine rings is 1. The third kappa shape index (κ3) is 4.92. The molecule has 0 atom stereocenters. The van der Waals surface area contributed by atoms with Crippen molar-refractivity contribution in [3.8, 4) is 5.75 Å². The van der Waals surface area contributed by atoms with Gasteiger partial charge in [-0.2, -0.15) is 5.10 Å². The van der Waals surface area contributed by atoms with E-state index in [2.05, 4.69) is 27.4 Å². The lowest BCUT2D eigenvalue weighted by atomic mass is 10.0. The summed E-state index contributed by atoms with van der Waals surface area (Å²) in [6, 6.07) is 8.29. The van der Waals surface area contributed by atoms with Gasteiger partial charge in [0.05, 0.1) is 7.11 Å². The van der Waals surface area contributed by atoms with Gasteiger partial charge in [0.1, 0.15) is 18.1 Å². The number of methoxy groups -OCH3 is 1. The summed E-state index contributed by atoms with van der Waals surface area (Å²) in [6.07, 6.45) is 5.81. The summed E-state index contributed by atoms with van der Waals surface area (Å²) in [5.41, 5.74) is 1.07. The van der Waals surface area contributed by atoms with E-state index < -0.39 is 0 Å². The Kier molecular flexibility index (Phi) is 6.52. The number of aromatic nitrogens is 3. The van der Waals surface area contributed by atoms with Crippen molar-refractivity contribution in [3.05, 3.63) is 46.1 Å². The maximum atomic E-state index is 12.5. The summed E-state index contributed by atoms with van der Waals surface area (Å²) < 4.78 is 8.36. The molecule has 1 aromatic heterocycles. The van der Waals surface area contributed by atoms with Crippen LogP contribution in [0.2, 0.25) is 0 Å². The molecule has 0 bridgehead atoms. The lowest BCUT2D eigenvalue weighted by Crippen LogP contribution is -2.46. The highest BCUT2D eigenvalue weighted by Crippen LogP contribution is 2.17. The molecule has 1 aromatic carbocycles. The average Bonchev–Trinajstić information content (AvgIpc) is 2.91. The molecule has 2 aliphatic heterocycles. The van der Waals surface area contributed by atoms with Crippen LogP contribution in [0.15, 0.2) is 29.1 Å². The highest BCUT2D eigenvalue weighted by molar-refractivity contribution is 5.75. The van der Waals surface area contributed by atoms with Gasteiger partial charge >= 0.3 is 5.69 Å². The van der Waals surface area contributed by atoms with E-state index in [0.717, 1.165) is 69.7 Å². The number of carbonyl (C=O) groups excluding carboxylic acids is 1. The van der Waals surface area contributed by atoms with Gasteiger partial charge in [-0.3, -0.25) is 14.3 Å². The lowest BCUT2D eigenvalue weighted by Gasteiger charge is -2.32. The van der Waals surface area contributed by atoms with Crippen LogP contribution >= 0.6 is 0 Å². The molecule has 0 aliphatic carbocycles. The van der Waals surface area contributed by atoms with Crippen molar-refractivity contribution in [3.63, 3.8) is 0 Å². The maximum absolute atomic E-state index is 12.5. The molecule has 0 saturated carbocycles. The second-order valence-electron chi connectivity index (χ2n) is 8.29. The van der Waals surface area contributed by atoms with Crippen molar-refractivity contribution in [2.24, 2.45) is 0 Å². The van der Waals surface area contributed by atoms with Crippen LogP contribution in [0.25, 0.3) is 0 Å². The summed E-state index contributed by atoms with van der Waals surface area (Å²) >= 11 is 0. The number of carbonyl (C=O) groups is 1. The molecule has 4 rings (SSSR count). The van der Waals surface area contributed by atoms with Gasteiger partial charge in [-0.25, -0.2) is 9.48 Å². The summed E-state index contributed by atoms with van der Waals surface area (Å²) in [7, 11) is 1.68. The summed E-state index contributed by atoms with van der Waals surface area (Å²) in [5.74, 6) is 1.56. The molecular weight excluding hydrogens is 382 g/mol. The second-order valence-corrected chi connectivity index (χ2v) is 8.29. The van der Waals surface area contributed by atoms with Crippen LogP contribution in [0, 0.1) is 0 Å². The third-order valence-electron chi connectivity index (χ3n) is 6.07. The van der Waals surface area contributed by atoms with Crippen LogP contribution in [0.5, 0.6) is 5.75 Å². The predicted octanol–water partition coefficient (Wildman–Crippen LogP) is 1.56. The first-order valence-corrected chi connectivity index (χ1v) is 10.9. The Balaban J connectivity index is 1.26. The number of rotatable bonds is 6. The molecule has 1 fully saturated rings. The van der Waals surface area contributed by atoms with Gasteiger partial charge in [0.15, 0.2) is 0 Å². The number of hydrogen-bond donors (Lipinski definition) is 1. The normalized spacial score (nSPS) is 17.9. The average molecular weight is 414 g/mol. The molecule has 1 amide bonds. The van der Waals surface area contributed by atoms with Crippen LogP contribution < -0.4 is 15.7 Å². The summed E-state index contributed by atoms with van der Waals surface area (Å²) in [4.78, 5) is 27.4. The first-order valence-electron chi connectivity index (χ1n) is 10.9. The quantitative estimate of drug-likeness (QED) is 0.777. The van der Waals surface area contributed by atoms with Crippen molar-refractivity contribution in [2.45, 2.75) is 64.2 Å². The number of nitrogens with zero attached hydrogens (tertiary/aromatic N) is 4. The smallest absolute Gasteiger partial charge is 0.346 e. The van der Waals surface area contributed by atoms with Crippen molar-refractivity contribution < 1.29 is 9.53 Å². The minimum atomic E-state index is -0.157. The van der Waals surface area contributed by atoms with Gasteiger partial charge < -0.3 is 10.1 Å². The van der Waals surface area contributed by atoms with E-state index in [-0.39, 0.29) is 24.2 Å². The van der Waals surface area contributed by atoms with Crippen LogP contribution in [-0.2, 0) is 30.8 Å². The van der Waals surface area contributed by atoms with E-state index in [4.69, 9.17) is 4.74 Å². The Bertz CT molecular complexity index is 927. The van der Waals surface area contributed by atoms with E-state index in [1.54, 1.807) is 11.7 Å². The minimum Gasteiger partial charge on any atom is -0.497 e. The Morgan fingerprint density at radius 1 is 1.20 bits per heavy atom. The molecule has 0 radical (unpaired) electrons. The van der Waals surface area contributed by atoms with E-state index >= 15 is 0 Å². The minimum absolute atomic E-state index is 0.00283. The van der Waals surface area contributed by atoms with Gasteiger partial charge in [-0.05, 0) is 43.4 Å². The van der Waals surface area contributed by atoms with Gasteiger partial charge in [-0.1, -0.05) is 18.6 Å². The first kappa shape index (κ1) is 20.7. The van der Waals surface area contributed by atoms with E-state index in [9.17, 15) is 9.59 Å². The van der Waals surface area contributed by atoms with Crippen LogP contribution in [0.3, 0.4) is 0 Å². The zero-order valence-electron chi connectivity index (χ0n) is 17.7. The Hall–Kier alpha value is -2.61. The molecule has 8 nitrogen and oxygen atoms in total. The van der Waals surface area contributed by atoms with Crippen LogP contribution in [0.4, 0.5) is 0 Å². The number of fused-ring (bicyclic) bond motifs is 1. The molecule has 0 spiro atoms. The summed E-state index contributed by atoms with van der Waals surface area (Å²) in [6.45, 7) is 3.46. The Morgan fingerprint density at radius 3 is 2.83 bits per heavy atom. The molecule has 30 heavy (non-hydrogen) atoms. The van der Waals surface area contributed by atoms with Crippen molar-refractivity contribution >= 4 is 5.91 Å². The second kappa shape index (κ2) is 9.47. The highest BCUT2D eigenvalue weighted by Gasteiger charge is 2.22. The molecule has 162 valence electrons. The van der Waals surface area contributed by atoms with Gasteiger partial charge in [-0.15, -0.1) is 0 Å².